The molecule has 78 valence electrons. The Balaban J connectivity index is 2.43. The van der Waals surface area contributed by atoms with Gasteiger partial charge in [0.25, 0.3) is 5.69 Å². The summed E-state index contributed by atoms with van der Waals surface area (Å²) in [6.45, 7) is 0. The number of nitro groups is 1. The zero-order valence-electron chi connectivity index (χ0n) is 7.75. The summed E-state index contributed by atoms with van der Waals surface area (Å²) in [6.07, 6.45) is 0.519. The average Bonchev–Trinajstić information content (AvgIpc) is 2.25. The minimum absolute atomic E-state index is 0.0985. The van der Waals surface area contributed by atoms with E-state index in [2.05, 4.69) is 6.07 Å². The first-order valence-electron chi connectivity index (χ1n) is 4.15. The van der Waals surface area contributed by atoms with Gasteiger partial charge in [-0.2, -0.15) is 5.26 Å². The smallest absolute Gasteiger partial charge is 0.258 e. The predicted octanol–water partition coefficient (Wildman–Crippen LogP) is 3.25. The van der Waals surface area contributed by atoms with E-state index in [9.17, 15) is 10.1 Å². The van der Waals surface area contributed by atoms with Crippen molar-refractivity contribution in [3.05, 3.63) is 34.4 Å². The molecule has 0 aliphatic rings. The van der Waals surface area contributed by atoms with Gasteiger partial charge in [-0.1, -0.05) is 21.6 Å². The molecule has 0 fully saturated rings. The van der Waals surface area contributed by atoms with Crippen LogP contribution in [-0.4, -0.2) is 10.7 Å². The van der Waals surface area contributed by atoms with Gasteiger partial charge in [0, 0.05) is 29.2 Å². The van der Waals surface area contributed by atoms with Crippen molar-refractivity contribution in [1.29, 1.82) is 5.26 Å². The summed E-state index contributed by atoms with van der Waals surface area (Å²) in [5, 5.41) is 18.7. The van der Waals surface area contributed by atoms with Gasteiger partial charge in [0.15, 0.2) is 0 Å². The van der Waals surface area contributed by atoms with E-state index in [0.717, 1.165) is 10.6 Å². The van der Waals surface area contributed by atoms with E-state index in [4.69, 9.17) is 5.26 Å². The molecule has 0 N–H and O–H groups in total. The highest BCUT2D eigenvalue weighted by atomic mass is 33.1. The molecule has 0 aromatic heterocycles. The Bertz CT molecular complexity index is 373. The second kappa shape index (κ2) is 6.32. The number of nitrogens with zero attached hydrogens (tertiary/aromatic N) is 2. The SMILES string of the molecule is N#CCCSSc1ccc([N+](=O)[O-])cc1. The highest BCUT2D eigenvalue weighted by Gasteiger charge is 2.03. The average molecular weight is 240 g/mol. The number of rotatable bonds is 5. The van der Waals surface area contributed by atoms with Gasteiger partial charge >= 0.3 is 0 Å². The third-order valence-corrected chi connectivity index (χ3v) is 3.88. The molecular formula is C9H8N2O2S2. The van der Waals surface area contributed by atoms with Crippen LogP contribution in [0.5, 0.6) is 0 Å². The highest BCUT2D eigenvalue weighted by molar-refractivity contribution is 8.76. The van der Waals surface area contributed by atoms with Gasteiger partial charge in [0.1, 0.15) is 0 Å². The number of non-ortho nitro benzene ring substituents is 1. The fourth-order valence-corrected chi connectivity index (χ4v) is 2.70. The van der Waals surface area contributed by atoms with Crippen LogP contribution in [0.3, 0.4) is 0 Å². The van der Waals surface area contributed by atoms with Gasteiger partial charge in [0.05, 0.1) is 11.0 Å². The standard InChI is InChI=1S/C9H8N2O2S2/c10-6-1-7-14-15-9-4-2-8(3-5-9)11(12)13/h2-5H,1,7H2. The van der Waals surface area contributed by atoms with Crippen molar-refractivity contribution in [2.75, 3.05) is 5.75 Å². The molecule has 1 aromatic rings. The van der Waals surface area contributed by atoms with E-state index >= 15 is 0 Å². The minimum atomic E-state index is -0.419. The Morgan fingerprint density at radius 3 is 2.60 bits per heavy atom. The summed E-state index contributed by atoms with van der Waals surface area (Å²) in [5.41, 5.74) is 0.0985. The van der Waals surface area contributed by atoms with Crippen LogP contribution in [0.1, 0.15) is 6.42 Å². The molecular weight excluding hydrogens is 232 g/mol. The summed E-state index contributed by atoms with van der Waals surface area (Å²) in [6, 6.07) is 8.43. The molecule has 0 bridgehead atoms. The van der Waals surface area contributed by atoms with Gasteiger partial charge in [-0.05, 0) is 12.1 Å². The quantitative estimate of drug-likeness (QED) is 0.342. The number of nitriles is 1. The fourth-order valence-electron chi connectivity index (χ4n) is 0.820. The lowest BCUT2D eigenvalue weighted by Gasteiger charge is -1.98. The van der Waals surface area contributed by atoms with E-state index in [1.165, 1.54) is 22.9 Å². The second-order valence-electron chi connectivity index (χ2n) is 2.56. The number of hydrogen-bond donors (Lipinski definition) is 0. The van der Waals surface area contributed by atoms with Crippen LogP contribution in [0.15, 0.2) is 29.2 Å². The second-order valence-corrected chi connectivity index (χ2v) is 5.05. The van der Waals surface area contributed by atoms with Crippen molar-refractivity contribution < 1.29 is 4.92 Å². The molecule has 0 atom stereocenters. The third-order valence-electron chi connectivity index (χ3n) is 1.50. The van der Waals surface area contributed by atoms with E-state index in [0.29, 0.717) is 6.42 Å². The van der Waals surface area contributed by atoms with E-state index in [-0.39, 0.29) is 5.69 Å². The first-order chi connectivity index (χ1) is 7.24. The summed E-state index contributed by atoms with van der Waals surface area (Å²) in [5.74, 6) is 0.762. The van der Waals surface area contributed by atoms with Crippen LogP contribution in [0.25, 0.3) is 0 Å². The third kappa shape index (κ3) is 4.23. The Kier molecular flexibility index (Phi) is 5.01. The molecule has 0 saturated heterocycles. The zero-order valence-corrected chi connectivity index (χ0v) is 9.38. The lowest BCUT2D eigenvalue weighted by molar-refractivity contribution is -0.384. The van der Waals surface area contributed by atoms with Crippen molar-refractivity contribution in [1.82, 2.24) is 0 Å². The van der Waals surface area contributed by atoms with Crippen molar-refractivity contribution in [3.8, 4) is 6.07 Å². The van der Waals surface area contributed by atoms with Crippen molar-refractivity contribution in [2.45, 2.75) is 11.3 Å². The van der Waals surface area contributed by atoms with Crippen LogP contribution in [0.2, 0.25) is 0 Å². The first kappa shape index (κ1) is 11.9. The number of hydrogen-bond acceptors (Lipinski definition) is 5. The maximum atomic E-state index is 10.4. The van der Waals surface area contributed by atoms with Gasteiger partial charge in [-0.15, -0.1) is 0 Å². The number of nitro benzene ring substituents is 1. The fraction of sp³-hybridized carbons (Fsp3) is 0.222. The number of benzene rings is 1. The van der Waals surface area contributed by atoms with Crippen molar-refractivity contribution in [2.24, 2.45) is 0 Å². The van der Waals surface area contributed by atoms with Gasteiger partial charge in [-0.3, -0.25) is 10.1 Å². The Labute approximate surface area is 95.2 Å². The van der Waals surface area contributed by atoms with Crippen molar-refractivity contribution in [3.63, 3.8) is 0 Å². The summed E-state index contributed by atoms with van der Waals surface area (Å²) in [7, 11) is 3.09. The molecule has 4 nitrogen and oxygen atoms in total. The molecule has 0 amide bonds. The molecule has 1 aromatic carbocycles. The summed E-state index contributed by atoms with van der Waals surface area (Å²) >= 11 is 0. The molecule has 6 heteroatoms. The van der Waals surface area contributed by atoms with Crippen LogP contribution in [-0.2, 0) is 0 Å². The van der Waals surface area contributed by atoms with Gasteiger partial charge in [-0.25, -0.2) is 0 Å². The van der Waals surface area contributed by atoms with Gasteiger partial charge in [0.2, 0.25) is 0 Å². The van der Waals surface area contributed by atoms with E-state index in [1.807, 2.05) is 0 Å². The van der Waals surface area contributed by atoms with E-state index < -0.39 is 4.92 Å². The Morgan fingerprint density at radius 1 is 1.40 bits per heavy atom. The van der Waals surface area contributed by atoms with Crippen LogP contribution in [0, 0.1) is 21.4 Å². The Morgan fingerprint density at radius 2 is 2.07 bits per heavy atom. The molecule has 15 heavy (non-hydrogen) atoms. The lowest BCUT2D eigenvalue weighted by Crippen LogP contribution is -1.86. The topological polar surface area (TPSA) is 66.9 Å². The maximum absolute atomic E-state index is 10.4. The monoisotopic (exact) mass is 240 g/mol. The molecule has 0 unspecified atom stereocenters. The van der Waals surface area contributed by atoms with Crippen molar-refractivity contribution >= 4 is 27.3 Å². The summed E-state index contributed by atoms with van der Waals surface area (Å²) in [4.78, 5) is 10.9. The Hall–Kier alpha value is -1.19. The maximum Gasteiger partial charge on any atom is 0.269 e. The normalized spacial score (nSPS) is 9.53. The molecule has 1 rings (SSSR count). The zero-order chi connectivity index (χ0) is 11.1. The van der Waals surface area contributed by atoms with Gasteiger partial charge < -0.3 is 0 Å². The molecule has 0 aliphatic heterocycles. The highest BCUT2D eigenvalue weighted by Crippen LogP contribution is 2.32. The minimum Gasteiger partial charge on any atom is -0.258 e. The van der Waals surface area contributed by atoms with E-state index in [1.54, 1.807) is 22.9 Å². The van der Waals surface area contributed by atoms with Crippen LogP contribution < -0.4 is 0 Å². The van der Waals surface area contributed by atoms with Crippen LogP contribution in [0.4, 0.5) is 5.69 Å². The molecule has 0 spiro atoms. The molecule has 0 aliphatic carbocycles. The molecule has 0 saturated carbocycles. The molecule has 0 radical (unpaired) electrons. The largest absolute Gasteiger partial charge is 0.269 e. The predicted molar refractivity (Wildman–Crippen MR) is 61.6 cm³/mol. The molecule has 0 heterocycles. The summed E-state index contributed by atoms with van der Waals surface area (Å²) < 4.78 is 0. The first-order valence-corrected chi connectivity index (χ1v) is 6.47. The lowest BCUT2D eigenvalue weighted by atomic mass is 10.3. The van der Waals surface area contributed by atoms with Crippen LogP contribution >= 0.6 is 21.6 Å².